The Morgan fingerprint density at radius 1 is 1.54 bits per heavy atom. The maximum atomic E-state index is 10.9. The van der Waals surface area contributed by atoms with Gasteiger partial charge in [0.1, 0.15) is 6.29 Å². The zero-order valence-electron chi connectivity index (χ0n) is 8.46. The average Bonchev–Trinajstić information content (AvgIpc) is 2.52. The van der Waals surface area contributed by atoms with Crippen molar-refractivity contribution in [3.05, 3.63) is 21.9 Å². The Balaban J connectivity index is 2.78. The SMILES string of the molecule is CCC(C)(C=O)Cc1cscc1C. The van der Waals surface area contributed by atoms with Gasteiger partial charge >= 0.3 is 0 Å². The van der Waals surface area contributed by atoms with Gasteiger partial charge in [-0.05, 0) is 41.7 Å². The van der Waals surface area contributed by atoms with Crippen molar-refractivity contribution < 1.29 is 4.79 Å². The molecule has 1 heterocycles. The van der Waals surface area contributed by atoms with E-state index >= 15 is 0 Å². The minimum absolute atomic E-state index is 0.175. The first-order valence-corrected chi connectivity index (χ1v) is 5.53. The third-order valence-electron chi connectivity index (χ3n) is 2.65. The predicted octanol–water partition coefficient (Wildman–Crippen LogP) is 3.21. The third-order valence-corrected chi connectivity index (χ3v) is 3.56. The summed E-state index contributed by atoms with van der Waals surface area (Å²) in [6, 6.07) is 0. The molecule has 1 aromatic heterocycles. The van der Waals surface area contributed by atoms with Gasteiger partial charge in [0.25, 0.3) is 0 Å². The van der Waals surface area contributed by atoms with Crippen LogP contribution in [0, 0.1) is 12.3 Å². The van der Waals surface area contributed by atoms with Gasteiger partial charge < -0.3 is 4.79 Å². The minimum Gasteiger partial charge on any atom is -0.303 e. The normalized spacial score (nSPS) is 15.3. The van der Waals surface area contributed by atoms with Gasteiger partial charge in [0.2, 0.25) is 0 Å². The lowest BCUT2D eigenvalue weighted by molar-refractivity contribution is -0.115. The fourth-order valence-corrected chi connectivity index (χ4v) is 2.11. The van der Waals surface area contributed by atoms with Gasteiger partial charge in [0.05, 0.1) is 0 Å². The van der Waals surface area contributed by atoms with Crippen LogP contribution >= 0.6 is 11.3 Å². The standard InChI is InChI=1S/C11H16OS/c1-4-11(3,8-12)5-10-7-13-6-9(10)2/h6-8H,4-5H2,1-3H3. The van der Waals surface area contributed by atoms with E-state index in [-0.39, 0.29) is 5.41 Å². The molecule has 0 amide bonds. The van der Waals surface area contributed by atoms with Crippen LogP contribution in [0.2, 0.25) is 0 Å². The van der Waals surface area contributed by atoms with Gasteiger partial charge in [-0.1, -0.05) is 13.8 Å². The highest BCUT2D eigenvalue weighted by molar-refractivity contribution is 7.08. The number of carbonyl (C=O) groups excluding carboxylic acids is 1. The van der Waals surface area contributed by atoms with E-state index in [1.807, 2.05) is 6.92 Å². The maximum Gasteiger partial charge on any atom is 0.126 e. The maximum absolute atomic E-state index is 10.9. The van der Waals surface area contributed by atoms with Crippen LogP contribution in [0.5, 0.6) is 0 Å². The summed E-state index contributed by atoms with van der Waals surface area (Å²) in [5, 5.41) is 4.28. The molecule has 0 N–H and O–H groups in total. The van der Waals surface area contributed by atoms with Crippen LogP contribution in [0.1, 0.15) is 31.4 Å². The first-order valence-electron chi connectivity index (χ1n) is 4.59. The Labute approximate surface area is 83.8 Å². The van der Waals surface area contributed by atoms with E-state index in [9.17, 15) is 4.79 Å². The Morgan fingerprint density at radius 2 is 2.23 bits per heavy atom. The van der Waals surface area contributed by atoms with E-state index in [1.165, 1.54) is 11.1 Å². The van der Waals surface area contributed by atoms with E-state index in [2.05, 4.69) is 24.6 Å². The summed E-state index contributed by atoms with van der Waals surface area (Å²) >= 11 is 1.71. The highest BCUT2D eigenvalue weighted by Crippen LogP contribution is 2.27. The Hall–Kier alpha value is -0.630. The second-order valence-electron chi connectivity index (χ2n) is 3.88. The molecular weight excluding hydrogens is 180 g/mol. The second-order valence-corrected chi connectivity index (χ2v) is 4.63. The first kappa shape index (κ1) is 10.5. The number of carbonyl (C=O) groups is 1. The van der Waals surface area contributed by atoms with Crippen LogP contribution in [-0.2, 0) is 11.2 Å². The van der Waals surface area contributed by atoms with E-state index in [4.69, 9.17) is 0 Å². The van der Waals surface area contributed by atoms with Crippen LogP contribution in [0.15, 0.2) is 10.8 Å². The zero-order valence-corrected chi connectivity index (χ0v) is 9.28. The lowest BCUT2D eigenvalue weighted by atomic mass is 9.83. The number of rotatable bonds is 4. The molecule has 0 aromatic carbocycles. The average molecular weight is 196 g/mol. The van der Waals surface area contributed by atoms with E-state index in [1.54, 1.807) is 11.3 Å². The molecule has 2 heteroatoms. The fourth-order valence-electron chi connectivity index (χ4n) is 1.25. The van der Waals surface area contributed by atoms with Crippen molar-refractivity contribution in [3.8, 4) is 0 Å². The Morgan fingerprint density at radius 3 is 2.62 bits per heavy atom. The number of thiophene rings is 1. The first-order chi connectivity index (χ1) is 6.11. The molecule has 1 rings (SSSR count). The molecule has 0 radical (unpaired) electrons. The van der Waals surface area contributed by atoms with Crippen LogP contribution in [-0.4, -0.2) is 6.29 Å². The number of aldehydes is 1. The van der Waals surface area contributed by atoms with E-state index in [0.717, 1.165) is 19.1 Å². The number of hydrogen-bond acceptors (Lipinski definition) is 2. The van der Waals surface area contributed by atoms with Crippen molar-refractivity contribution in [1.82, 2.24) is 0 Å². The summed E-state index contributed by atoms with van der Waals surface area (Å²) < 4.78 is 0. The summed E-state index contributed by atoms with van der Waals surface area (Å²) in [5.41, 5.74) is 2.46. The molecule has 0 aliphatic rings. The molecule has 0 aliphatic heterocycles. The second kappa shape index (κ2) is 4.05. The molecule has 13 heavy (non-hydrogen) atoms. The molecule has 0 saturated heterocycles. The molecule has 1 atom stereocenters. The fraction of sp³-hybridized carbons (Fsp3) is 0.545. The largest absolute Gasteiger partial charge is 0.303 e. The van der Waals surface area contributed by atoms with Crippen LogP contribution in [0.4, 0.5) is 0 Å². The molecule has 1 unspecified atom stereocenters. The van der Waals surface area contributed by atoms with Crippen LogP contribution in [0.3, 0.4) is 0 Å². The molecule has 0 fully saturated rings. The predicted molar refractivity (Wildman–Crippen MR) is 57.2 cm³/mol. The minimum atomic E-state index is -0.175. The van der Waals surface area contributed by atoms with Gasteiger partial charge in [-0.2, -0.15) is 11.3 Å². The van der Waals surface area contributed by atoms with Gasteiger partial charge in [0.15, 0.2) is 0 Å². The topological polar surface area (TPSA) is 17.1 Å². The highest BCUT2D eigenvalue weighted by atomic mass is 32.1. The van der Waals surface area contributed by atoms with Crippen molar-refractivity contribution in [3.63, 3.8) is 0 Å². The van der Waals surface area contributed by atoms with Crippen LogP contribution in [0.25, 0.3) is 0 Å². The highest BCUT2D eigenvalue weighted by Gasteiger charge is 2.22. The summed E-state index contributed by atoms with van der Waals surface area (Å²) in [7, 11) is 0. The summed E-state index contributed by atoms with van der Waals surface area (Å²) in [4.78, 5) is 10.9. The third kappa shape index (κ3) is 2.41. The monoisotopic (exact) mass is 196 g/mol. The summed E-state index contributed by atoms with van der Waals surface area (Å²) in [6.07, 6.45) is 2.87. The molecule has 0 spiro atoms. The van der Waals surface area contributed by atoms with Crippen molar-refractivity contribution in [1.29, 1.82) is 0 Å². The molecule has 72 valence electrons. The van der Waals surface area contributed by atoms with Gasteiger partial charge in [-0.25, -0.2) is 0 Å². The van der Waals surface area contributed by atoms with Crippen molar-refractivity contribution in [2.45, 2.75) is 33.6 Å². The van der Waals surface area contributed by atoms with Crippen LogP contribution < -0.4 is 0 Å². The Kier molecular flexibility index (Phi) is 3.26. The zero-order chi connectivity index (χ0) is 9.90. The van der Waals surface area contributed by atoms with Gasteiger partial charge in [-0.3, -0.25) is 0 Å². The van der Waals surface area contributed by atoms with E-state index < -0.39 is 0 Å². The van der Waals surface area contributed by atoms with E-state index in [0.29, 0.717) is 0 Å². The summed E-state index contributed by atoms with van der Waals surface area (Å²) in [5.74, 6) is 0. The Bertz CT molecular complexity index is 290. The molecule has 1 nitrogen and oxygen atoms in total. The molecule has 1 aromatic rings. The lowest BCUT2D eigenvalue weighted by Gasteiger charge is -2.20. The smallest absolute Gasteiger partial charge is 0.126 e. The van der Waals surface area contributed by atoms with Crippen molar-refractivity contribution >= 4 is 17.6 Å². The molecule has 0 aliphatic carbocycles. The quantitative estimate of drug-likeness (QED) is 0.676. The molecule has 0 saturated carbocycles. The molecular formula is C11H16OS. The summed E-state index contributed by atoms with van der Waals surface area (Å²) in [6.45, 7) is 6.19. The van der Waals surface area contributed by atoms with Crippen molar-refractivity contribution in [2.24, 2.45) is 5.41 Å². The number of aryl methyl sites for hydroxylation is 1. The number of hydrogen-bond donors (Lipinski definition) is 0. The lowest BCUT2D eigenvalue weighted by Crippen LogP contribution is -2.20. The molecule has 0 bridgehead atoms. The van der Waals surface area contributed by atoms with Gasteiger partial charge in [-0.15, -0.1) is 0 Å². The van der Waals surface area contributed by atoms with Gasteiger partial charge in [0, 0.05) is 5.41 Å². The van der Waals surface area contributed by atoms with Crippen molar-refractivity contribution in [2.75, 3.05) is 0 Å².